The molecule has 0 aliphatic rings. The number of imidazole rings is 1. The lowest BCUT2D eigenvalue weighted by Gasteiger charge is -2.09. The van der Waals surface area contributed by atoms with E-state index in [1.165, 1.54) is 0 Å². The van der Waals surface area contributed by atoms with Crippen molar-refractivity contribution in [2.75, 3.05) is 0 Å². The van der Waals surface area contributed by atoms with Crippen molar-refractivity contribution in [3.05, 3.63) is 86.9 Å². The van der Waals surface area contributed by atoms with Gasteiger partial charge < -0.3 is 4.57 Å². The van der Waals surface area contributed by atoms with Crippen molar-refractivity contribution in [3.63, 3.8) is 0 Å². The molecule has 0 saturated carbocycles. The molecule has 23 heavy (non-hydrogen) atoms. The molecule has 0 atom stereocenters. The summed E-state index contributed by atoms with van der Waals surface area (Å²) in [4.78, 5) is 4.45. The van der Waals surface area contributed by atoms with Crippen LogP contribution in [0.15, 0.2) is 59.3 Å². The Labute approximate surface area is 148 Å². The van der Waals surface area contributed by atoms with Gasteiger partial charge in [-0.1, -0.05) is 39.7 Å². The quantitative estimate of drug-likeness (QED) is 0.645. The third-order valence-corrected chi connectivity index (χ3v) is 4.20. The Morgan fingerprint density at radius 1 is 1.13 bits per heavy atom. The average Bonchev–Trinajstić information content (AvgIpc) is 2.94. The molecule has 3 aromatic rings. The molecule has 3 rings (SSSR count). The van der Waals surface area contributed by atoms with Gasteiger partial charge in [0.15, 0.2) is 0 Å². The zero-order valence-corrected chi connectivity index (χ0v) is 14.5. The molecule has 1 aromatic heterocycles. The minimum absolute atomic E-state index is 0.670. The number of nitrogens with zero attached hydrogens (tertiary/aromatic N) is 3. The number of hydrogen-bond donors (Lipinski definition) is 0. The maximum atomic E-state index is 8.86. The summed E-state index contributed by atoms with van der Waals surface area (Å²) in [5, 5.41) is 9.57. The predicted molar refractivity (Wildman–Crippen MR) is 94.4 cm³/mol. The largest absolute Gasteiger partial charge is 0.330 e. The second kappa shape index (κ2) is 6.99. The van der Waals surface area contributed by atoms with E-state index in [0.717, 1.165) is 28.0 Å². The highest BCUT2D eigenvalue weighted by Gasteiger charge is 2.07. The van der Waals surface area contributed by atoms with Gasteiger partial charge in [-0.05, 0) is 41.5 Å². The van der Waals surface area contributed by atoms with Gasteiger partial charge in [0.2, 0.25) is 0 Å². The molecule has 0 fully saturated rings. The van der Waals surface area contributed by atoms with Gasteiger partial charge in [-0.3, -0.25) is 0 Å². The van der Waals surface area contributed by atoms with Gasteiger partial charge in [0.25, 0.3) is 0 Å². The van der Waals surface area contributed by atoms with Crippen molar-refractivity contribution < 1.29 is 0 Å². The van der Waals surface area contributed by atoms with E-state index >= 15 is 0 Å². The van der Waals surface area contributed by atoms with Gasteiger partial charge in [-0.25, -0.2) is 4.98 Å². The van der Waals surface area contributed by atoms with Gasteiger partial charge in [-0.15, -0.1) is 0 Å². The molecule has 0 aliphatic heterocycles. The highest BCUT2D eigenvalue weighted by atomic mass is 79.9. The molecular formula is C18H13BrClN3. The maximum Gasteiger partial charge on any atom is 0.113 e. The van der Waals surface area contributed by atoms with Gasteiger partial charge in [0.1, 0.15) is 5.82 Å². The van der Waals surface area contributed by atoms with E-state index in [-0.39, 0.29) is 0 Å². The van der Waals surface area contributed by atoms with Crippen LogP contribution in [0.25, 0.3) is 0 Å². The van der Waals surface area contributed by atoms with E-state index in [2.05, 4.69) is 31.6 Å². The average molecular weight is 387 g/mol. The summed E-state index contributed by atoms with van der Waals surface area (Å²) in [5.41, 5.74) is 2.91. The molecule has 114 valence electrons. The smallest absolute Gasteiger partial charge is 0.113 e. The van der Waals surface area contributed by atoms with Crippen molar-refractivity contribution in [1.29, 1.82) is 5.26 Å². The summed E-state index contributed by atoms with van der Waals surface area (Å²) >= 11 is 9.57. The summed E-state index contributed by atoms with van der Waals surface area (Å²) < 4.78 is 3.07. The lowest BCUT2D eigenvalue weighted by atomic mass is 10.1. The third-order valence-electron chi connectivity index (χ3n) is 3.52. The summed E-state index contributed by atoms with van der Waals surface area (Å²) in [6.45, 7) is 0.725. The first-order chi connectivity index (χ1) is 11.1. The molecule has 0 spiro atoms. The van der Waals surface area contributed by atoms with Crippen molar-refractivity contribution >= 4 is 27.5 Å². The number of hydrogen-bond acceptors (Lipinski definition) is 2. The van der Waals surface area contributed by atoms with Crippen LogP contribution in [-0.2, 0) is 13.0 Å². The normalized spacial score (nSPS) is 10.5. The Morgan fingerprint density at radius 2 is 1.91 bits per heavy atom. The summed E-state index contributed by atoms with van der Waals surface area (Å²) in [6.07, 6.45) is 4.48. The molecule has 0 unspecified atom stereocenters. The zero-order valence-electron chi connectivity index (χ0n) is 12.2. The van der Waals surface area contributed by atoms with E-state index in [9.17, 15) is 0 Å². The minimum atomic E-state index is 0.670. The number of halogens is 2. The standard InChI is InChI=1S/C18H13BrClN3/c19-16-7-15(8-17(20)10-16)9-18-22-5-6-23(18)12-14-3-1-13(11-21)2-4-14/h1-8,10H,9,12H2. The van der Waals surface area contributed by atoms with Crippen molar-refractivity contribution in [2.45, 2.75) is 13.0 Å². The topological polar surface area (TPSA) is 41.6 Å². The van der Waals surface area contributed by atoms with E-state index < -0.39 is 0 Å². The number of aromatic nitrogens is 2. The Morgan fingerprint density at radius 3 is 2.61 bits per heavy atom. The van der Waals surface area contributed by atoms with Crippen LogP contribution in [-0.4, -0.2) is 9.55 Å². The first-order valence-corrected chi connectivity index (χ1v) is 8.25. The van der Waals surface area contributed by atoms with Crippen LogP contribution in [0.5, 0.6) is 0 Å². The molecule has 0 N–H and O–H groups in total. The van der Waals surface area contributed by atoms with E-state index in [0.29, 0.717) is 17.0 Å². The minimum Gasteiger partial charge on any atom is -0.330 e. The molecule has 2 aromatic carbocycles. The predicted octanol–water partition coefficient (Wildman–Crippen LogP) is 4.81. The molecule has 0 aliphatic carbocycles. The maximum absolute atomic E-state index is 8.86. The number of benzene rings is 2. The number of rotatable bonds is 4. The van der Waals surface area contributed by atoms with E-state index in [1.54, 1.807) is 6.20 Å². The fourth-order valence-electron chi connectivity index (χ4n) is 2.43. The molecule has 0 saturated heterocycles. The Bertz CT molecular complexity index is 842. The SMILES string of the molecule is N#Cc1ccc(Cn2ccnc2Cc2cc(Cl)cc(Br)c2)cc1. The summed E-state index contributed by atoms with van der Waals surface area (Å²) in [5.74, 6) is 0.975. The molecular weight excluding hydrogens is 374 g/mol. The lowest BCUT2D eigenvalue weighted by Crippen LogP contribution is -2.05. The molecule has 0 amide bonds. The van der Waals surface area contributed by atoms with Gasteiger partial charge >= 0.3 is 0 Å². The van der Waals surface area contributed by atoms with Crippen LogP contribution in [0.4, 0.5) is 0 Å². The third kappa shape index (κ3) is 4.01. The zero-order chi connectivity index (χ0) is 16.2. The molecule has 3 nitrogen and oxygen atoms in total. The molecule has 0 bridgehead atoms. The van der Waals surface area contributed by atoms with Gasteiger partial charge in [0, 0.05) is 34.9 Å². The van der Waals surface area contributed by atoms with E-state index in [1.807, 2.05) is 48.7 Å². The Balaban J connectivity index is 1.80. The highest BCUT2D eigenvalue weighted by molar-refractivity contribution is 9.10. The Hall–Kier alpha value is -2.09. The van der Waals surface area contributed by atoms with Crippen LogP contribution in [0.1, 0.15) is 22.5 Å². The second-order valence-corrected chi connectivity index (χ2v) is 6.59. The lowest BCUT2D eigenvalue weighted by molar-refractivity contribution is 0.740. The summed E-state index contributed by atoms with van der Waals surface area (Å²) in [6, 6.07) is 15.6. The first kappa shape index (κ1) is 15.8. The van der Waals surface area contributed by atoms with Crippen molar-refractivity contribution in [2.24, 2.45) is 0 Å². The van der Waals surface area contributed by atoms with Crippen LogP contribution >= 0.6 is 27.5 Å². The molecule has 0 radical (unpaired) electrons. The van der Waals surface area contributed by atoms with Gasteiger partial charge in [-0.2, -0.15) is 5.26 Å². The van der Waals surface area contributed by atoms with Crippen LogP contribution in [0.3, 0.4) is 0 Å². The first-order valence-electron chi connectivity index (χ1n) is 7.08. The van der Waals surface area contributed by atoms with Crippen molar-refractivity contribution in [1.82, 2.24) is 9.55 Å². The molecule has 5 heteroatoms. The Kier molecular flexibility index (Phi) is 4.80. The molecule has 1 heterocycles. The monoisotopic (exact) mass is 385 g/mol. The van der Waals surface area contributed by atoms with Crippen LogP contribution < -0.4 is 0 Å². The summed E-state index contributed by atoms with van der Waals surface area (Å²) in [7, 11) is 0. The van der Waals surface area contributed by atoms with Crippen LogP contribution in [0.2, 0.25) is 5.02 Å². The second-order valence-electron chi connectivity index (χ2n) is 5.23. The highest BCUT2D eigenvalue weighted by Crippen LogP contribution is 2.21. The fraction of sp³-hybridized carbons (Fsp3) is 0.111. The van der Waals surface area contributed by atoms with E-state index in [4.69, 9.17) is 16.9 Å². The fourth-order valence-corrected chi connectivity index (χ4v) is 3.36. The van der Waals surface area contributed by atoms with Gasteiger partial charge in [0.05, 0.1) is 11.6 Å². The van der Waals surface area contributed by atoms with Crippen LogP contribution in [0, 0.1) is 11.3 Å². The van der Waals surface area contributed by atoms with Crippen molar-refractivity contribution in [3.8, 4) is 6.07 Å². The number of nitriles is 1.